The fraction of sp³-hybridized carbons (Fsp3) is 0.385. The van der Waals surface area contributed by atoms with Gasteiger partial charge in [-0.05, 0) is 6.92 Å². The first-order valence-electron chi connectivity index (χ1n) is 6.43. The molecule has 0 spiro atoms. The number of hydrogen-bond donors (Lipinski definition) is 2. The lowest BCUT2D eigenvalue weighted by Gasteiger charge is -2.16. The predicted molar refractivity (Wildman–Crippen MR) is 71.4 cm³/mol. The Balaban J connectivity index is 2.02. The number of imidazole rings is 1. The first kappa shape index (κ1) is 15.1. The van der Waals surface area contributed by atoms with Crippen molar-refractivity contribution >= 4 is 5.97 Å². The minimum absolute atomic E-state index is 0.227. The molecule has 0 aliphatic carbocycles. The van der Waals surface area contributed by atoms with E-state index in [1.165, 1.54) is 12.4 Å². The lowest BCUT2D eigenvalue weighted by molar-refractivity contribution is -0.147. The van der Waals surface area contributed by atoms with Gasteiger partial charge in [-0.1, -0.05) is 0 Å². The molecule has 0 radical (unpaired) electrons. The molecule has 0 fully saturated rings. The Morgan fingerprint density at radius 2 is 2.10 bits per heavy atom. The number of nitrogens with zero attached hydrogens (tertiary/aromatic N) is 4. The largest absolute Gasteiger partial charge is 0.466 e. The van der Waals surface area contributed by atoms with Crippen LogP contribution in [0, 0.1) is 0 Å². The van der Waals surface area contributed by atoms with E-state index in [9.17, 15) is 15.0 Å². The van der Waals surface area contributed by atoms with Crippen molar-refractivity contribution < 1.29 is 19.7 Å². The van der Waals surface area contributed by atoms with Crippen molar-refractivity contribution in [2.75, 3.05) is 6.61 Å². The summed E-state index contributed by atoms with van der Waals surface area (Å²) >= 11 is 0. The molecule has 2 rings (SSSR count). The van der Waals surface area contributed by atoms with Crippen LogP contribution in [0.5, 0.6) is 0 Å². The van der Waals surface area contributed by atoms with Crippen LogP contribution in [0.1, 0.15) is 25.0 Å². The summed E-state index contributed by atoms with van der Waals surface area (Å²) in [6.45, 7) is 1.90. The molecule has 2 heterocycles. The molecule has 112 valence electrons. The van der Waals surface area contributed by atoms with Gasteiger partial charge in [-0.25, -0.2) is 15.0 Å². The van der Waals surface area contributed by atoms with Gasteiger partial charge in [0.05, 0.1) is 19.1 Å². The zero-order valence-corrected chi connectivity index (χ0v) is 11.5. The van der Waals surface area contributed by atoms with E-state index in [-0.39, 0.29) is 13.0 Å². The summed E-state index contributed by atoms with van der Waals surface area (Å²) in [7, 11) is 0. The third-order valence-electron chi connectivity index (χ3n) is 2.78. The van der Waals surface area contributed by atoms with E-state index in [4.69, 9.17) is 4.74 Å². The summed E-state index contributed by atoms with van der Waals surface area (Å²) in [6.07, 6.45) is 4.77. The van der Waals surface area contributed by atoms with Crippen LogP contribution in [0.3, 0.4) is 0 Å². The third-order valence-corrected chi connectivity index (χ3v) is 2.78. The topological polar surface area (TPSA) is 110 Å². The number of carbonyl (C=O) groups excluding carboxylic acids is 1. The summed E-state index contributed by atoms with van der Waals surface area (Å²) in [6, 6.07) is 0. The summed E-state index contributed by atoms with van der Waals surface area (Å²) < 4.78 is 6.32. The van der Waals surface area contributed by atoms with Gasteiger partial charge >= 0.3 is 5.97 Å². The quantitative estimate of drug-likeness (QED) is 0.721. The zero-order chi connectivity index (χ0) is 15.2. The Morgan fingerprint density at radius 1 is 1.38 bits per heavy atom. The molecule has 0 saturated heterocycles. The van der Waals surface area contributed by atoms with Crippen molar-refractivity contribution in [3.63, 3.8) is 0 Å². The van der Waals surface area contributed by atoms with Crippen molar-refractivity contribution in [1.82, 2.24) is 19.5 Å². The molecule has 2 N–H and O–H groups in total. The molecule has 21 heavy (non-hydrogen) atoms. The summed E-state index contributed by atoms with van der Waals surface area (Å²) in [4.78, 5) is 23.3. The molecule has 0 aliphatic heterocycles. The van der Waals surface area contributed by atoms with Crippen LogP contribution >= 0.6 is 0 Å². The average Bonchev–Trinajstić information content (AvgIpc) is 3.01. The lowest BCUT2D eigenvalue weighted by atomic mass is 10.1. The first-order valence-corrected chi connectivity index (χ1v) is 6.43. The van der Waals surface area contributed by atoms with Gasteiger partial charge in [0, 0.05) is 30.4 Å². The smallest absolute Gasteiger partial charge is 0.308 e. The average molecular weight is 292 g/mol. The maximum absolute atomic E-state index is 11.3. The second kappa shape index (κ2) is 6.91. The van der Waals surface area contributed by atoms with E-state index < -0.39 is 18.2 Å². The Labute approximate surface area is 121 Å². The third kappa shape index (κ3) is 3.83. The minimum atomic E-state index is -1.27. The van der Waals surface area contributed by atoms with Crippen molar-refractivity contribution in [3.8, 4) is 5.95 Å². The maximum Gasteiger partial charge on any atom is 0.308 e. The molecular formula is C13H16N4O4. The second-order valence-corrected chi connectivity index (χ2v) is 4.31. The predicted octanol–water partition coefficient (Wildman–Crippen LogP) is 0.00980. The van der Waals surface area contributed by atoms with E-state index in [0.29, 0.717) is 11.5 Å². The van der Waals surface area contributed by atoms with Gasteiger partial charge < -0.3 is 14.9 Å². The van der Waals surface area contributed by atoms with Crippen LogP contribution in [-0.4, -0.2) is 48.4 Å². The van der Waals surface area contributed by atoms with Gasteiger partial charge in [0.1, 0.15) is 12.4 Å². The van der Waals surface area contributed by atoms with Gasteiger partial charge in [0.2, 0.25) is 5.95 Å². The molecule has 2 atom stereocenters. The Hall–Kier alpha value is -2.32. The van der Waals surface area contributed by atoms with Gasteiger partial charge in [-0.2, -0.15) is 0 Å². The molecule has 8 heteroatoms. The van der Waals surface area contributed by atoms with E-state index in [0.717, 1.165) is 0 Å². The SMILES string of the molecule is CCOC(=O)CC(O)C(O)c1cnc(-n2ccnc2)nc1. The maximum atomic E-state index is 11.3. The number of aliphatic hydroxyl groups is 2. The van der Waals surface area contributed by atoms with E-state index >= 15 is 0 Å². The Morgan fingerprint density at radius 3 is 2.67 bits per heavy atom. The lowest BCUT2D eigenvalue weighted by Crippen LogP contribution is -2.23. The molecular weight excluding hydrogens is 276 g/mol. The van der Waals surface area contributed by atoms with Crippen LogP contribution < -0.4 is 0 Å². The highest BCUT2D eigenvalue weighted by atomic mass is 16.5. The summed E-state index contributed by atoms with van der Waals surface area (Å²) in [5, 5.41) is 19.8. The second-order valence-electron chi connectivity index (χ2n) is 4.31. The molecule has 2 unspecified atom stereocenters. The number of aliphatic hydroxyl groups excluding tert-OH is 2. The van der Waals surface area contributed by atoms with Gasteiger partial charge in [-0.3, -0.25) is 9.36 Å². The zero-order valence-electron chi connectivity index (χ0n) is 11.5. The highest BCUT2D eigenvalue weighted by Crippen LogP contribution is 2.18. The highest BCUT2D eigenvalue weighted by molar-refractivity contribution is 5.70. The fourth-order valence-electron chi connectivity index (χ4n) is 1.72. The minimum Gasteiger partial charge on any atom is -0.466 e. The number of ether oxygens (including phenoxy) is 1. The molecule has 2 aromatic heterocycles. The van der Waals surface area contributed by atoms with Crippen molar-refractivity contribution in [1.29, 1.82) is 0 Å². The number of aromatic nitrogens is 4. The van der Waals surface area contributed by atoms with Gasteiger partial charge in [-0.15, -0.1) is 0 Å². The van der Waals surface area contributed by atoms with Crippen LogP contribution in [0.25, 0.3) is 5.95 Å². The van der Waals surface area contributed by atoms with E-state index in [2.05, 4.69) is 15.0 Å². The van der Waals surface area contributed by atoms with Crippen molar-refractivity contribution in [3.05, 3.63) is 36.7 Å². The van der Waals surface area contributed by atoms with Gasteiger partial charge in [0.25, 0.3) is 0 Å². The molecule has 0 aliphatic rings. The highest BCUT2D eigenvalue weighted by Gasteiger charge is 2.22. The summed E-state index contributed by atoms with van der Waals surface area (Å²) in [5.74, 6) is -0.177. The fourth-order valence-corrected chi connectivity index (χ4v) is 1.72. The summed E-state index contributed by atoms with van der Waals surface area (Å²) in [5.41, 5.74) is 0.315. The Bertz CT molecular complexity index is 570. The molecule has 8 nitrogen and oxygen atoms in total. The number of rotatable bonds is 6. The van der Waals surface area contributed by atoms with E-state index in [1.54, 1.807) is 30.2 Å². The van der Waals surface area contributed by atoms with Crippen LogP contribution in [0.2, 0.25) is 0 Å². The van der Waals surface area contributed by atoms with Crippen LogP contribution in [-0.2, 0) is 9.53 Å². The standard InChI is InChI=1S/C13H16N4O4/c1-2-21-11(19)5-10(18)12(20)9-6-15-13(16-7-9)17-4-3-14-8-17/h3-4,6-8,10,12,18,20H,2,5H2,1H3. The number of hydrogen-bond acceptors (Lipinski definition) is 7. The molecule has 0 aromatic carbocycles. The van der Waals surface area contributed by atoms with Gasteiger partial charge in [0.15, 0.2) is 0 Å². The van der Waals surface area contributed by atoms with Crippen LogP contribution in [0.15, 0.2) is 31.1 Å². The molecule has 0 saturated carbocycles. The van der Waals surface area contributed by atoms with E-state index in [1.807, 2.05) is 0 Å². The van der Waals surface area contributed by atoms with Crippen molar-refractivity contribution in [2.45, 2.75) is 25.6 Å². The molecule has 2 aromatic rings. The normalized spacial score (nSPS) is 13.7. The Kier molecular flexibility index (Phi) is 4.96. The number of carbonyl (C=O) groups is 1. The molecule has 0 bridgehead atoms. The van der Waals surface area contributed by atoms with Crippen LogP contribution in [0.4, 0.5) is 0 Å². The number of esters is 1. The molecule has 0 amide bonds. The van der Waals surface area contributed by atoms with Crippen molar-refractivity contribution in [2.24, 2.45) is 0 Å². The monoisotopic (exact) mass is 292 g/mol. The first-order chi connectivity index (χ1) is 10.1.